The van der Waals surface area contributed by atoms with Crippen molar-refractivity contribution >= 4 is 34.8 Å². The monoisotopic (exact) mass is 483 g/mol. The summed E-state index contributed by atoms with van der Waals surface area (Å²) in [6, 6.07) is 0. The molecule has 0 spiro atoms. The second-order valence-corrected chi connectivity index (χ2v) is 8.75. The molecule has 0 saturated carbocycles. The molecule has 1 heterocycles. The van der Waals surface area contributed by atoms with E-state index in [4.69, 9.17) is 34.8 Å². The molecule has 6 nitrogen and oxygen atoms in total. The third-order valence-corrected chi connectivity index (χ3v) is 5.98. The first-order valence-corrected chi connectivity index (χ1v) is 12.8. The van der Waals surface area contributed by atoms with E-state index in [0.717, 1.165) is 77.0 Å². The van der Waals surface area contributed by atoms with E-state index < -0.39 is 17.1 Å². The molecule has 0 N–H and O–H groups in total. The zero-order valence-electron chi connectivity index (χ0n) is 17.9. The Morgan fingerprint density at radius 1 is 0.400 bits per heavy atom. The summed E-state index contributed by atoms with van der Waals surface area (Å²) >= 11 is 17.1. The van der Waals surface area contributed by atoms with E-state index in [-0.39, 0.29) is 0 Å². The van der Waals surface area contributed by atoms with Crippen molar-refractivity contribution in [3.05, 3.63) is 31.5 Å². The van der Waals surface area contributed by atoms with Gasteiger partial charge in [0.15, 0.2) is 0 Å². The highest BCUT2D eigenvalue weighted by Crippen LogP contribution is 2.04. The van der Waals surface area contributed by atoms with Crippen LogP contribution in [0.15, 0.2) is 14.4 Å². The Morgan fingerprint density at radius 3 is 0.867 bits per heavy atom. The fourth-order valence-electron chi connectivity index (χ4n) is 3.41. The van der Waals surface area contributed by atoms with E-state index in [1.54, 1.807) is 0 Å². The molecule has 0 radical (unpaired) electrons. The molecule has 0 unspecified atom stereocenters. The molecule has 0 fully saturated rings. The Balaban J connectivity index is 2.98. The Kier molecular flexibility index (Phi) is 15.4. The molecule has 0 aromatic carbocycles. The van der Waals surface area contributed by atoms with E-state index in [1.807, 2.05) is 0 Å². The second-order valence-electron chi connectivity index (χ2n) is 7.61. The first kappa shape index (κ1) is 27.3. The van der Waals surface area contributed by atoms with Gasteiger partial charge in [0.1, 0.15) is 0 Å². The molecular weight excluding hydrogens is 449 g/mol. The summed E-state index contributed by atoms with van der Waals surface area (Å²) in [5, 5.41) is 0. The van der Waals surface area contributed by atoms with Crippen LogP contribution in [-0.2, 0) is 19.6 Å². The number of hydrogen-bond acceptors (Lipinski definition) is 3. The number of alkyl halides is 3. The maximum atomic E-state index is 12.9. The highest BCUT2D eigenvalue weighted by atomic mass is 35.5. The summed E-state index contributed by atoms with van der Waals surface area (Å²) in [6.45, 7) is 0.996. The van der Waals surface area contributed by atoms with Crippen molar-refractivity contribution in [3.8, 4) is 0 Å². The van der Waals surface area contributed by atoms with Crippen molar-refractivity contribution in [1.82, 2.24) is 13.7 Å². The first-order chi connectivity index (χ1) is 14.6. The normalized spacial score (nSPS) is 11.3. The SMILES string of the molecule is O=c1n(CCCCCCCl)c(=O)n(CCCCCCCl)c(=O)n1CCCCCCCl. The van der Waals surface area contributed by atoms with Crippen LogP contribution in [0.5, 0.6) is 0 Å². The highest BCUT2D eigenvalue weighted by Gasteiger charge is 2.15. The summed E-state index contributed by atoms with van der Waals surface area (Å²) < 4.78 is 3.71. The summed E-state index contributed by atoms with van der Waals surface area (Å²) in [4.78, 5) is 38.6. The summed E-state index contributed by atoms with van der Waals surface area (Å²) in [5.41, 5.74) is -1.46. The average molecular weight is 485 g/mol. The van der Waals surface area contributed by atoms with Gasteiger partial charge in [0.25, 0.3) is 0 Å². The lowest BCUT2D eigenvalue weighted by molar-refractivity contribution is 0.414. The van der Waals surface area contributed by atoms with E-state index in [1.165, 1.54) is 13.7 Å². The highest BCUT2D eigenvalue weighted by molar-refractivity contribution is 6.18. The van der Waals surface area contributed by atoms with Crippen molar-refractivity contribution in [2.45, 2.75) is 96.7 Å². The van der Waals surface area contributed by atoms with Gasteiger partial charge >= 0.3 is 17.1 Å². The average Bonchev–Trinajstić information content (AvgIpc) is 2.74. The molecule has 0 atom stereocenters. The first-order valence-electron chi connectivity index (χ1n) is 11.2. The van der Waals surface area contributed by atoms with Gasteiger partial charge in [-0.25, -0.2) is 28.1 Å². The van der Waals surface area contributed by atoms with Crippen LogP contribution in [0.1, 0.15) is 77.0 Å². The molecule has 174 valence electrons. The van der Waals surface area contributed by atoms with Crippen molar-refractivity contribution in [1.29, 1.82) is 0 Å². The lowest BCUT2D eigenvalue weighted by Crippen LogP contribution is -2.54. The largest absolute Gasteiger partial charge is 0.336 e. The summed E-state index contributed by atoms with van der Waals surface area (Å²) in [7, 11) is 0. The third kappa shape index (κ3) is 9.61. The van der Waals surface area contributed by atoms with E-state index in [0.29, 0.717) is 37.3 Å². The lowest BCUT2D eigenvalue weighted by atomic mass is 10.2. The predicted molar refractivity (Wildman–Crippen MR) is 127 cm³/mol. The van der Waals surface area contributed by atoms with Crippen LogP contribution in [0.2, 0.25) is 0 Å². The molecule has 0 amide bonds. The minimum absolute atomic E-state index is 0.332. The van der Waals surface area contributed by atoms with Crippen LogP contribution >= 0.6 is 34.8 Å². The van der Waals surface area contributed by atoms with Crippen LogP contribution in [0.3, 0.4) is 0 Å². The Hall–Kier alpha value is -0.720. The molecule has 0 aliphatic heterocycles. The lowest BCUT2D eigenvalue weighted by Gasteiger charge is -2.14. The predicted octanol–water partition coefficient (Wildman–Crippen LogP) is 4.57. The number of rotatable bonds is 18. The van der Waals surface area contributed by atoms with Gasteiger partial charge in [-0.1, -0.05) is 38.5 Å². The van der Waals surface area contributed by atoms with Crippen molar-refractivity contribution < 1.29 is 0 Å². The van der Waals surface area contributed by atoms with Gasteiger partial charge in [-0.15, -0.1) is 34.8 Å². The van der Waals surface area contributed by atoms with Crippen molar-refractivity contribution in [2.24, 2.45) is 0 Å². The molecule has 1 aromatic rings. The Bertz CT molecular complexity index is 628. The molecular formula is C21H36Cl3N3O3. The molecule has 9 heteroatoms. The van der Waals surface area contributed by atoms with Gasteiger partial charge in [-0.05, 0) is 38.5 Å². The quantitative estimate of drug-likeness (QED) is 0.226. The van der Waals surface area contributed by atoms with E-state index in [9.17, 15) is 14.4 Å². The third-order valence-electron chi connectivity index (χ3n) is 5.18. The van der Waals surface area contributed by atoms with Crippen LogP contribution in [0.25, 0.3) is 0 Å². The van der Waals surface area contributed by atoms with Crippen LogP contribution in [0, 0.1) is 0 Å². The number of aromatic nitrogens is 3. The van der Waals surface area contributed by atoms with Gasteiger partial charge in [-0.2, -0.15) is 0 Å². The standard InChI is InChI=1S/C21H36Cl3N3O3/c22-13-7-1-4-10-16-25-19(28)26(17-11-5-2-8-14-23)21(30)27(20(25)29)18-12-6-3-9-15-24/h1-18H2. The molecule has 1 rings (SSSR count). The number of halogens is 3. The minimum Gasteiger partial charge on any atom is -0.247 e. The van der Waals surface area contributed by atoms with Crippen molar-refractivity contribution in [3.63, 3.8) is 0 Å². The van der Waals surface area contributed by atoms with Gasteiger partial charge in [0, 0.05) is 37.3 Å². The molecule has 1 aromatic heterocycles. The van der Waals surface area contributed by atoms with E-state index >= 15 is 0 Å². The van der Waals surface area contributed by atoms with E-state index in [2.05, 4.69) is 0 Å². The fraction of sp³-hybridized carbons (Fsp3) is 0.857. The van der Waals surface area contributed by atoms with Gasteiger partial charge in [0.05, 0.1) is 0 Å². The maximum absolute atomic E-state index is 12.9. The van der Waals surface area contributed by atoms with Crippen LogP contribution < -0.4 is 17.1 Å². The van der Waals surface area contributed by atoms with Crippen molar-refractivity contribution in [2.75, 3.05) is 17.6 Å². The van der Waals surface area contributed by atoms with Gasteiger partial charge in [0.2, 0.25) is 0 Å². The number of unbranched alkanes of at least 4 members (excludes halogenated alkanes) is 9. The Morgan fingerprint density at radius 2 is 0.633 bits per heavy atom. The summed E-state index contributed by atoms with van der Waals surface area (Å²) in [6.07, 6.45) is 10.5. The molecule has 30 heavy (non-hydrogen) atoms. The smallest absolute Gasteiger partial charge is 0.247 e. The zero-order valence-corrected chi connectivity index (χ0v) is 20.2. The Labute approximate surface area is 194 Å². The number of nitrogens with zero attached hydrogens (tertiary/aromatic N) is 3. The topological polar surface area (TPSA) is 66.0 Å². The maximum Gasteiger partial charge on any atom is 0.336 e. The fourth-order valence-corrected chi connectivity index (χ4v) is 3.98. The molecule has 0 saturated heterocycles. The van der Waals surface area contributed by atoms with Gasteiger partial charge < -0.3 is 0 Å². The minimum atomic E-state index is -0.488. The summed E-state index contributed by atoms with van der Waals surface area (Å²) in [5.74, 6) is 1.85. The molecule has 0 bridgehead atoms. The van der Waals surface area contributed by atoms with Crippen LogP contribution in [-0.4, -0.2) is 31.3 Å². The number of hydrogen-bond donors (Lipinski definition) is 0. The second kappa shape index (κ2) is 16.9. The van der Waals surface area contributed by atoms with Crippen LogP contribution in [0.4, 0.5) is 0 Å². The molecule has 0 aliphatic carbocycles. The van der Waals surface area contributed by atoms with Gasteiger partial charge in [-0.3, -0.25) is 0 Å². The zero-order chi connectivity index (χ0) is 22.2. The molecule has 0 aliphatic rings.